The van der Waals surface area contributed by atoms with Gasteiger partial charge < -0.3 is 4.74 Å². The van der Waals surface area contributed by atoms with Crippen LogP contribution in [0.1, 0.15) is 18.4 Å². The lowest BCUT2D eigenvalue weighted by atomic mass is 10.1. The van der Waals surface area contributed by atoms with Crippen LogP contribution in [0.2, 0.25) is 0 Å². The molecule has 2 aromatic rings. The van der Waals surface area contributed by atoms with Crippen LogP contribution in [0.3, 0.4) is 0 Å². The zero-order valence-corrected chi connectivity index (χ0v) is 9.64. The molecule has 3 nitrogen and oxygen atoms in total. The van der Waals surface area contributed by atoms with E-state index in [1.807, 2.05) is 0 Å². The standard InChI is InChI=1S/C13H12F2N2O/c14-12(15)10-4-2-9(3-5-10)11-8-16-17-6-1-7-18-13(11)17/h2-5,8,12H,1,6-7H2. The number of rotatable bonds is 2. The molecule has 94 valence electrons. The number of nitrogens with zero attached hydrogens (tertiary/aromatic N) is 2. The molecule has 18 heavy (non-hydrogen) atoms. The summed E-state index contributed by atoms with van der Waals surface area (Å²) in [5, 5.41) is 4.23. The van der Waals surface area contributed by atoms with E-state index in [1.54, 1.807) is 23.0 Å². The Bertz CT molecular complexity index is 549. The molecular formula is C13H12F2N2O. The summed E-state index contributed by atoms with van der Waals surface area (Å²) in [5.74, 6) is 0.728. The van der Waals surface area contributed by atoms with Crippen LogP contribution in [0.15, 0.2) is 30.5 Å². The van der Waals surface area contributed by atoms with Gasteiger partial charge in [-0.2, -0.15) is 5.10 Å². The predicted molar refractivity (Wildman–Crippen MR) is 62.7 cm³/mol. The van der Waals surface area contributed by atoms with Gasteiger partial charge in [-0.25, -0.2) is 13.5 Å². The maximum absolute atomic E-state index is 12.5. The van der Waals surface area contributed by atoms with Crippen molar-refractivity contribution in [3.8, 4) is 17.0 Å². The Hall–Kier alpha value is -1.91. The zero-order valence-electron chi connectivity index (χ0n) is 9.64. The van der Waals surface area contributed by atoms with Crippen LogP contribution in [0, 0.1) is 0 Å². The fourth-order valence-corrected chi connectivity index (χ4v) is 2.07. The molecule has 0 radical (unpaired) electrons. The Morgan fingerprint density at radius 2 is 2.00 bits per heavy atom. The Labute approximate surface area is 103 Å². The average Bonchev–Trinajstić information content (AvgIpc) is 2.82. The van der Waals surface area contributed by atoms with Crippen molar-refractivity contribution < 1.29 is 13.5 Å². The summed E-state index contributed by atoms with van der Waals surface area (Å²) in [7, 11) is 0. The summed E-state index contributed by atoms with van der Waals surface area (Å²) in [6, 6.07) is 6.23. The molecule has 0 aliphatic carbocycles. The van der Waals surface area contributed by atoms with Crippen LogP contribution >= 0.6 is 0 Å². The Balaban J connectivity index is 1.97. The molecule has 1 aliphatic rings. The van der Waals surface area contributed by atoms with E-state index in [-0.39, 0.29) is 5.56 Å². The van der Waals surface area contributed by atoms with Gasteiger partial charge in [0.2, 0.25) is 5.88 Å². The van der Waals surface area contributed by atoms with Crippen molar-refractivity contribution in [1.29, 1.82) is 0 Å². The summed E-state index contributed by atoms with van der Waals surface area (Å²) < 4.78 is 32.3. The van der Waals surface area contributed by atoms with E-state index in [9.17, 15) is 8.78 Å². The monoisotopic (exact) mass is 250 g/mol. The lowest BCUT2D eigenvalue weighted by Gasteiger charge is -2.16. The fourth-order valence-electron chi connectivity index (χ4n) is 2.07. The SMILES string of the molecule is FC(F)c1ccc(-c2cnn3c2OCCC3)cc1. The smallest absolute Gasteiger partial charge is 0.263 e. The average molecular weight is 250 g/mol. The third-order valence-electron chi connectivity index (χ3n) is 3.02. The van der Waals surface area contributed by atoms with Crippen molar-refractivity contribution in [2.75, 3.05) is 6.61 Å². The number of aryl methyl sites for hydroxylation is 1. The number of benzene rings is 1. The maximum Gasteiger partial charge on any atom is 0.263 e. The number of hydrogen-bond donors (Lipinski definition) is 0. The van der Waals surface area contributed by atoms with E-state index in [0.29, 0.717) is 6.61 Å². The lowest BCUT2D eigenvalue weighted by molar-refractivity contribution is 0.151. The molecule has 0 amide bonds. The Morgan fingerprint density at radius 1 is 1.22 bits per heavy atom. The van der Waals surface area contributed by atoms with Crippen LogP contribution in [-0.4, -0.2) is 16.4 Å². The van der Waals surface area contributed by atoms with Gasteiger partial charge in [-0.15, -0.1) is 0 Å². The minimum absolute atomic E-state index is 0.0284. The molecule has 0 spiro atoms. The predicted octanol–water partition coefficient (Wildman–Crippen LogP) is 3.27. The highest BCUT2D eigenvalue weighted by atomic mass is 19.3. The van der Waals surface area contributed by atoms with Crippen molar-refractivity contribution in [2.24, 2.45) is 0 Å². The van der Waals surface area contributed by atoms with Gasteiger partial charge in [0.05, 0.1) is 18.4 Å². The molecule has 0 saturated heterocycles. The molecule has 3 rings (SSSR count). The molecule has 2 heterocycles. The van der Waals surface area contributed by atoms with Gasteiger partial charge in [0.25, 0.3) is 6.43 Å². The number of alkyl halides is 2. The van der Waals surface area contributed by atoms with Gasteiger partial charge in [-0.1, -0.05) is 24.3 Å². The first-order chi connectivity index (χ1) is 8.75. The number of ether oxygens (including phenoxy) is 1. The van der Waals surface area contributed by atoms with Gasteiger partial charge in [-0.05, 0) is 5.56 Å². The number of fused-ring (bicyclic) bond motifs is 1. The highest BCUT2D eigenvalue weighted by Crippen LogP contribution is 2.32. The highest BCUT2D eigenvalue weighted by Gasteiger charge is 2.17. The fraction of sp³-hybridized carbons (Fsp3) is 0.308. The van der Waals surface area contributed by atoms with Crippen molar-refractivity contribution in [3.05, 3.63) is 36.0 Å². The van der Waals surface area contributed by atoms with Crippen LogP contribution in [0.5, 0.6) is 5.88 Å². The van der Waals surface area contributed by atoms with Crippen molar-refractivity contribution in [2.45, 2.75) is 19.4 Å². The quantitative estimate of drug-likeness (QED) is 0.817. The first kappa shape index (κ1) is 11.2. The van der Waals surface area contributed by atoms with E-state index < -0.39 is 6.43 Å². The summed E-state index contributed by atoms with van der Waals surface area (Å²) in [5.41, 5.74) is 1.73. The van der Waals surface area contributed by atoms with E-state index in [4.69, 9.17) is 4.74 Å². The maximum atomic E-state index is 12.5. The zero-order chi connectivity index (χ0) is 12.5. The minimum atomic E-state index is -2.43. The van der Waals surface area contributed by atoms with Gasteiger partial charge >= 0.3 is 0 Å². The summed E-state index contributed by atoms with van der Waals surface area (Å²) >= 11 is 0. The molecule has 0 atom stereocenters. The largest absolute Gasteiger partial charge is 0.477 e. The molecule has 0 bridgehead atoms. The highest BCUT2D eigenvalue weighted by molar-refractivity contribution is 5.68. The summed E-state index contributed by atoms with van der Waals surface area (Å²) in [6.07, 6.45) is 0.229. The Kier molecular flexibility index (Phi) is 2.74. The normalized spacial score (nSPS) is 14.4. The van der Waals surface area contributed by atoms with Gasteiger partial charge in [0.15, 0.2) is 0 Å². The topological polar surface area (TPSA) is 27.1 Å². The molecule has 0 unspecified atom stereocenters. The van der Waals surface area contributed by atoms with E-state index in [0.717, 1.165) is 30.0 Å². The van der Waals surface area contributed by atoms with Crippen LogP contribution in [-0.2, 0) is 6.54 Å². The number of aromatic nitrogens is 2. The minimum Gasteiger partial charge on any atom is -0.477 e. The molecule has 1 aromatic heterocycles. The third-order valence-corrected chi connectivity index (χ3v) is 3.02. The molecule has 0 saturated carbocycles. The molecule has 1 aliphatic heterocycles. The number of halogens is 2. The summed E-state index contributed by atoms with van der Waals surface area (Å²) in [6.45, 7) is 1.51. The molecule has 1 aromatic carbocycles. The molecule has 5 heteroatoms. The molecular weight excluding hydrogens is 238 g/mol. The van der Waals surface area contributed by atoms with Gasteiger partial charge in [0, 0.05) is 18.5 Å². The van der Waals surface area contributed by atoms with E-state index >= 15 is 0 Å². The lowest BCUT2D eigenvalue weighted by Crippen LogP contribution is -2.14. The van der Waals surface area contributed by atoms with Gasteiger partial charge in [-0.3, -0.25) is 0 Å². The molecule has 0 N–H and O–H groups in total. The van der Waals surface area contributed by atoms with Crippen LogP contribution in [0.4, 0.5) is 8.78 Å². The van der Waals surface area contributed by atoms with Crippen molar-refractivity contribution >= 4 is 0 Å². The molecule has 0 fully saturated rings. The van der Waals surface area contributed by atoms with Crippen molar-refractivity contribution in [3.63, 3.8) is 0 Å². The Morgan fingerprint density at radius 3 is 2.72 bits per heavy atom. The van der Waals surface area contributed by atoms with Crippen LogP contribution < -0.4 is 4.74 Å². The van der Waals surface area contributed by atoms with E-state index in [1.165, 1.54) is 12.1 Å². The van der Waals surface area contributed by atoms with Crippen LogP contribution in [0.25, 0.3) is 11.1 Å². The second-order valence-corrected chi connectivity index (χ2v) is 4.21. The second kappa shape index (κ2) is 4.40. The van der Waals surface area contributed by atoms with Crippen molar-refractivity contribution in [1.82, 2.24) is 9.78 Å². The van der Waals surface area contributed by atoms with E-state index in [2.05, 4.69) is 5.10 Å². The summed E-state index contributed by atoms with van der Waals surface area (Å²) in [4.78, 5) is 0. The first-order valence-corrected chi connectivity index (χ1v) is 5.83. The number of hydrogen-bond acceptors (Lipinski definition) is 2. The van der Waals surface area contributed by atoms with Gasteiger partial charge in [0.1, 0.15) is 0 Å². The second-order valence-electron chi connectivity index (χ2n) is 4.21. The third kappa shape index (κ3) is 1.85. The first-order valence-electron chi connectivity index (χ1n) is 5.83.